The molecule has 0 N–H and O–H groups in total. The lowest BCUT2D eigenvalue weighted by atomic mass is 9.93. The highest BCUT2D eigenvalue weighted by Gasteiger charge is 2.30. The summed E-state index contributed by atoms with van der Waals surface area (Å²) < 4.78 is 38.7. The summed E-state index contributed by atoms with van der Waals surface area (Å²) in [6, 6.07) is 7.33. The van der Waals surface area contributed by atoms with Crippen molar-refractivity contribution in [2.45, 2.75) is 62.7 Å². The number of hydrogen-bond donors (Lipinski definition) is 0. The minimum absolute atomic E-state index is 0.319. The Morgan fingerprint density at radius 1 is 1.10 bits per heavy atom. The van der Waals surface area contributed by atoms with Crippen molar-refractivity contribution < 1.29 is 17.7 Å². The maximum absolute atomic E-state index is 13.1. The van der Waals surface area contributed by atoms with Gasteiger partial charge in [-0.3, -0.25) is 0 Å². The lowest BCUT2D eigenvalue weighted by Crippen LogP contribution is -2.38. The Morgan fingerprint density at radius 3 is 2.57 bits per heavy atom. The van der Waals surface area contributed by atoms with Crippen LogP contribution in [-0.2, 0) is 27.6 Å². The summed E-state index contributed by atoms with van der Waals surface area (Å²) in [5.41, 5.74) is 0.886. The van der Waals surface area contributed by atoms with Gasteiger partial charge in [0.1, 0.15) is 0 Å². The third kappa shape index (κ3) is 4.76. The first-order valence-electron chi connectivity index (χ1n) is 11.1. The molecule has 0 saturated carbocycles. The third-order valence-electron chi connectivity index (χ3n) is 6.38. The summed E-state index contributed by atoms with van der Waals surface area (Å²) in [6.45, 7) is 4.65. The Balaban J connectivity index is 1.29. The number of piperidine rings is 1. The predicted octanol–water partition coefficient (Wildman–Crippen LogP) is 3.56. The van der Waals surface area contributed by atoms with Crippen LogP contribution in [0, 0.1) is 5.92 Å². The molecule has 0 spiro atoms. The van der Waals surface area contributed by atoms with E-state index in [0.717, 1.165) is 69.0 Å². The van der Waals surface area contributed by atoms with E-state index in [9.17, 15) is 8.42 Å². The number of sulfonamides is 1. The average molecular weight is 434 g/mol. The lowest BCUT2D eigenvalue weighted by molar-refractivity contribution is 0.0778. The fraction of sp³-hybridized carbons (Fsp3) is 0.636. The van der Waals surface area contributed by atoms with Gasteiger partial charge in [-0.25, -0.2) is 8.42 Å². The van der Waals surface area contributed by atoms with E-state index in [0.29, 0.717) is 36.2 Å². The average Bonchev–Trinajstić information content (AvgIpc) is 3.28. The first-order chi connectivity index (χ1) is 14.6. The summed E-state index contributed by atoms with van der Waals surface area (Å²) in [5, 5.41) is 4.16. The van der Waals surface area contributed by atoms with Crippen LogP contribution in [0.1, 0.15) is 62.2 Å². The molecule has 30 heavy (non-hydrogen) atoms. The van der Waals surface area contributed by atoms with Gasteiger partial charge in [-0.15, -0.1) is 0 Å². The monoisotopic (exact) mass is 433 g/mol. The molecule has 0 unspecified atom stereocenters. The van der Waals surface area contributed by atoms with Gasteiger partial charge in [0.05, 0.1) is 4.90 Å². The highest BCUT2D eigenvalue weighted by atomic mass is 32.2. The summed E-state index contributed by atoms with van der Waals surface area (Å²) in [5.74, 6) is 2.31. The molecule has 1 aromatic heterocycles. The van der Waals surface area contributed by atoms with Gasteiger partial charge in [0, 0.05) is 38.6 Å². The molecule has 0 aliphatic carbocycles. The zero-order valence-electron chi connectivity index (χ0n) is 17.6. The third-order valence-corrected chi connectivity index (χ3v) is 8.37. The maximum atomic E-state index is 13.1. The molecule has 3 heterocycles. The van der Waals surface area contributed by atoms with Gasteiger partial charge in [-0.1, -0.05) is 30.3 Å². The van der Waals surface area contributed by atoms with Crippen LogP contribution in [-0.4, -0.2) is 49.2 Å². The normalized spacial score (nSPS) is 19.9. The molecule has 0 amide bonds. The van der Waals surface area contributed by atoms with E-state index in [2.05, 4.69) is 10.1 Å². The van der Waals surface area contributed by atoms with Gasteiger partial charge in [-0.2, -0.15) is 9.29 Å². The van der Waals surface area contributed by atoms with Crippen molar-refractivity contribution in [1.82, 2.24) is 14.4 Å². The molecular formula is C22H31N3O4S. The molecule has 164 valence electrons. The Hall–Kier alpha value is -1.77. The highest BCUT2D eigenvalue weighted by molar-refractivity contribution is 7.89. The SMILES string of the molecule is CCc1ccccc1S(=O)(=O)N1CCC(CCc2noc(C3CCOCC3)n2)CC1. The second-order valence-electron chi connectivity index (χ2n) is 8.28. The van der Waals surface area contributed by atoms with Crippen molar-refractivity contribution in [3.63, 3.8) is 0 Å². The molecule has 0 atom stereocenters. The van der Waals surface area contributed by atoms with E-state index >= 15 is 0 Å². The molecule has 2 aliphatic rings. The van der Waals surface area contributed by atoms with E-state index in [1.807, 2.05) is 19.1 Å². The van der Waals surface area contributed by atoms with Crippen molar-refractivity contribution in [2.24, 2.45) is 5.92 Å². The number of ether oxygens (including phenoxy) is 1. The number of rotatable bonds is 7. The quantitative estimate of drug-likeness (QED) is 0.664. The molecule has 2 aromatic rings. The fourth-order valence-electron chi connectivity index (χ4n) is 4.44. The number of aryl methyl sites for hydroxylation is 2. The number of benzene rings is 1. The molecule has 7 nitrogen and oxygen atoms in total. The Bertz CT molecular complexity index is 929. The van der Waals surface area contributed by atoms with E-state index in [1.54, 1.807) is 16.4 Å². The summed E-state index contributed by atoms with van der Waals surface area (Å²) >= 11 is 0. The van der Waals surface area contributed by atoms with Gasteiger partial charge >= 0.3 is 0 Å². The largest absolute Gasteiger partial charge is 0.381 e. The van der Waals surface area contributed by atoms with Crippen LogP contribution in [0.4, 0.5) is 0 Å². The zero-order chi connectivity index (χ0) is 21.0. The van der Waals surface area contributed by atoms with Crippen LogP contribution in [0.15, 0.2) is 33.7 Å². The number of hydrogen-bond acceptors (Lipinski definition) is 6. The van der Waals surface area contributed by atoms with Crippen LogP contribution in [0.2, 0.25) is 0 Å². The van der Waals surface area contributed by atoms with Crippen molar-refractivity contribution in [3.8, 4) is 0 Å². The van der Waals surface area contributed by atoms with Gasteiger partial charge in [0.2, 0.25) is 15.9 Å². The first-order valence-corrected chi connectivity index (χ1v) is 12.5. The molecule has 2 aliphatic heterocycles. The zero-order valence-corrected chi connectivity index (χ0v) is 18.4. The van der Waals surface area contributed by atoms with Gasteiger partial charge in [0.25, 0.3) is 0 Å². The van der Waals surface area contributed by atoms with Crippen LogP contribution in [0.25, 0.3) is 0 Å². The van der Waals surface area contributed by atoms with Crippen LogP contribution in [0.3, 0.4) is 0 Å². The standard InChI is InChI=1S/C22H31N3O4S/c1-2-18-5-3-4-6-20(18)30(26,27)25-13-9-17(10-14-25)7-8-21-23-22(29-24-21)19-11-15-28-16-12-19/h3-6,17,19H,2,7-16H2,1H3. The number of nitrogens with zero attached hydrogens (tertiary/aromatic N) is 3. The smallest absolute Gasteiger partial charge is 0.243 e. The summed E-state index contributed by atoms with van der Waals surface area (Å²) in [6.07, 6.45) is 6.09. The second kappa shape index (κ2) is 9.58. The minimum Gasteiger partial charge on any atom is -0.381 e. The van der Waals surface area contributed by atoms with Crippen LogP contribution < -0.4 is 0 Å². The van der Waals surface area contributed by atoms with Gasteiger partial charge in [-0.05, 0) is 56.1 Å². The molecule has 4 rings (SSSR count). The van der Waals surface area contributed by atoms with E-state index in [1.165, 1.54) is 0 Å². The van der Waals surface area contributed by atoms with E-state index in [4.69, 9.17) is 9.26 Å². The molecule has 2 saturated heterocycles. The second-order valence-corrected chi connectivity index (χ2v) is 10.2. The van der Waals surface area contributed by atoms with Crippen LogP contribution in [0.5, 0.6) is 0 Å². The Labute approximate surface area is 178 Å². The lowest BCUT2D eigenvalue weighted by Gasteiger charge is -2.31. The molecule has 8 heteroatoms. The van der Waals surface area contributed by atoms with E-state index in [-0.39, 0.29) is 0 Å². The molecule has 1 aromatic carbocycles. The summed E-state index contributed by atoms with van der Waals surface area (Å²) in [4.78, 5) is 5.05. The molecular weight excluding hydrogens is 402 g/mol. The molecule has 0 radical (unpaired) electrons. The predicted molar refractivity (Wildman–Crippen MR) is 113 cm³/mol. The van der Waals surface area contributed by atoms with Gasteiger partial charge in [0.15, 0.2) is 5.82 Å². The molecule has 0 bridgehead atoms. The number of aromatic nitrogens is 2. The molecule has 2 fully saturated rings. The maximum Gasteiger partial charge on any atom is 0.243 e. The highest BCUT2D eigenvalue weighted by Crippen LogP contribution is 2.29. The van der Waals surface area contributed by atoms with Crippen molar-refractivity contribution in [1.29, 1.82) is 0 Å². The summed E-state index contributed by atoms with van der Waals surface area (Å²) in [7, 11) is -3.42. The first kappa shape index (κ1) is 21.5. The van der Waals surface area contributed by atoms with Crippen molar-refractivity contribution in [3.05, 3.63) is 41.5 Å². The topological polar surface area (TPSA) is 85.5 Å². The van der Waals surface area contributed by atoms with Crippen molar-refractivity contribution >= 4 is 10.0 Å². The van der Waals surface area contributed by atoms with Crippen LogP contribution >= 0.6 is 0 Å². The Morgan fingerprint density at radius 2 is 1.83 bits per heavy atom. The van der Waals surface area contributed by atoms with E-state index < -0.39 is 10.0 Å². The fourth-order valence-corrected chi connectivity index (χ4v) is 6.20. The van der Waals surface area contributed by atoms with Gasteiger partial charge < -0.3 is 9.26 Å². The minimum atomic E-state index is -3.42. The Kier molecular flexibility index (Phi) is 6.85. The van der Waals surface area contributed by atoms with Crippen molar-refractivity contribution in [2.75, 3.05) is 26.3 Å².